The van der Waals surface area contributed by atoms with E-state index in [-0.39, 0.29) is 36.0 Å². The Balaban J connectivity index is 1.43. The van der Waals surface area contributed by atoms with Crippen molar-refractivity contribution in [2.24, 2.45) is 0 Å². The van der Waals surface area contributed by atoms with Gasteiger partial charge in [-0.1, -0.05) is 6.07 Å². The van der Waals surface area contributed by atoms with Gasteiger partial charge in [0.1, 0.15) is 6.04 Å². The fourth-order valence-corrected chi connectivity index (χ4v) is 4.02. The van der Waals surface area contributed by atoms with Gasteiger partial charge in [-0.05, 0) is 31.4 Å². The van der Waals surface area contributed by atoms with Gasteiger partial charge in [-0.3, -0.25) is 29.4 Å². The maximum Gasteiger partial charge on any atom is 0.264 e. The first kappa shape index (κ1) is 19.5. The van der Waals surface area contributed by atoms with Gasteiger partial charge in [0.05, 0.1) is 23.8 Å². The van der Waals surface area contributed by atoms with Crippen LogP contribution in [0.15, 0.2) is 18.2 Å². The van der Waals surface area contributed by atoms with E-state index in [0.717, 1.165) is 37.4 Å². The number of fused-ring (bicyclic) bond motifs is 1. The second-order valence-electron chi connectivity index (χ2n) is 7.44. The Kier molecular flexibility index (Phi) is 5.59. The average Bonchev–Trinajstić information content (AvgIpc) is 2.98. The Labute approximate surface area is 168 Å². The summed E-state index contributed by atoms with van der Waals surface area (Å²) in [6, 6.07) is 4.11. The number of rotatable bonds is 6. The number of ether oxygens (including phenoxy) is 1. The molecule has 29 heavy (non-hydrogen) atoms. The van der Waals surface area contributed by atoms with Crippen LogP contribution in [0.2, 0.25) is 0 Å². The molecule has 9 nitrogen and oxygen atoms in total. The number of nitrogens with zero attached hydrogens (tertiary/aromatic N) is 1. The van der Waals surface area contributed by atoms with Gasteiger partial charge in [-0.2, -0.15) is 0 Å². The van der Waals surface area contributed by atoms with E-state index in [1.54, 1.807) is 18.2 Å². The fourth-order valence-electron chi connectivity index (χ4n) is 4.02. The summed E-state index contributed by atoms with van der Waals surface area (Å²) in [5, 5.41) is 8.75. The number of morpholine rings is 1. The highest BCUT2D eigenvalue weighted by atomic mass is 16.5. The highest BCUT2D eigenvalue weighted by Gasteiger charge is 2.45. The summed E-state index contributed by atoms with van der Waals surface area (Å²) in [7, 11) is 0. The van der Waals surface area contributed by atoms with Crippen molar-refractivity contribution >= 4 is 29.3 Å². The maximum atomic E-state index is 13.0. The number of carbonyl (C=O) groups is 4. The monoisotopic (exact) mass is 400 g/mol. The predicted molar refractivity (Wildman–Crippen MR) is 103 cm³/mol. The minimum absolute atomic E-state index is 0.104. The van der Waals surface area contributed by atoms with Crippen LogP contribution in [0.25, 0.3) is 0 Å². The normalized spacial score (nSPS) is 24.5. The van der Waals surface area contributed by atoms with Gasteiger partial charge in [-0.15, -0.1) is 0 Å². The third-order valence-electron chi connectivity index (χ3n) is 5.49. The van der Waals surface area contributed by atoms with Crippen LogP contribution in [0.5, 0.6) is 0 Å². The molecule has 9 heteroatoms. The van der Waals surface area contributed by atoms with Gasteiger partial charge in [0.15, 0.2) is 0 Å². The van der Waals surface area contributed by atoms with Crippen LogP contribution >= 0.6 is 0 Å². The van der Waals surface area contributed by atoms with Crippen molar-refractivity contribution in [1.82, 2.24) is 15.5 Å². The Morgan fingerprint density at radius 3 is 2.79 bits per heavy atom. The molecular formula is C20H24N4O5. The van der Waals surface area contributed by atoms with E-state index < -0.39 is 23.8 Å². The Morgan fingerprint density at radius 1 is 1.17 bits per heavy atom. The lowest BCUT2D eigenvalue weighted by atomic mass is 10.0. The first-order valence-electron chi connectivity index (χ1n) is 9.97. The van der Waals surface area contributed by atoms with E-state index in [1.165, 1.54) is 0 Å². The van der Waals surface area contributed by atoms with Crippen LogP contribution in [0, 0.1) is 0 Å². The van der Waals surface area contributed by atoms with Crippen LogP contribution in [0.1, 0.15) is 46.4 Å². The molecule has 3 heterocycles. The number of hydrogen-bond acceptors (Lipinski definition) is 7. The summed E-state index contributed by atoms with van der Waals surface area (Å²) in [6.45, 7) is 3.08. The number of hydrogen-bond donors (Lipinski definition) is 3. The molecule has 154 valence electrons. The molecule has 3 aliphatic rings. The number of nitrogens with one attached hydrogen (secondary N) is 3. The second kappa shape index (κ2) is 8.30. The molecule has 3 N–H and O–H groups in total. The van der Waals surface area contributed by atoms with Gasteiger partial charge in [-0.25, -0.2) is 0 Å². The fraction of sp³-hybridized carbons (Fsp3) is 0.500. The van der Waals surface area contributed by atoms with Crippen molar-refractivity contribution in [2.75, 3.05) is 31.6 Å². The molecule has 3 aliphatic heterocycles. The number of amides is 4. The smallest absolute Gasteiger partial charge is 0.264 e. The predicted octanol–water partition coefficient (Wildman–Crippen LogP) is 0.268. The summed E-state index contributed by atoms with van der Waals surface area (Å²) >= 11 is 0. The van der Waals surface area contributed by atoms with Gasteiger partial charge in [0.25, 0.3) is 11.8 Å². The molecule has 4 amide bonds. The highest BCUT2D eigenvalue weighted by Crippen LogP contribution is 2.32. The quantitative estimate of drug-likeness (QED) is 0.463. The lowest BCUT2D eigenvalue weighted by Gasteiger charge is -2.27. The average molecular weight is 400 g/mol. The van der Waals surface area contributed by atoms with Crippen LogP contribution in [0.3, 0.4) is 0 Å². The van der Waals surface area contributed by atoms with E-state index in [4.69, 9.17) is 4.74 Å². The van der Waals surface area contributed by atoms with Crippen molar-refractivity contribution in [3.63, 3.8) is 0 Å². The molecule has 0 bridgehead atoms. The summed E-state index contributed by atoms with van der Waals surface area (Å²) in [5.74, 6) is -1.99. The van der Waals surface area contributed by atoms with Crippen molar-refractivity contribution < 1.29 is 23.9 Å². The highest BCUT2D eigenvalue weighted by molar-refractivity contribution is 6.25. The van der Waals surface area contributed by atoms with E-state index in [0.29, 0.717) is 12.2 Å². The minimum Gasteiger partial charge on any atom is -0.384 e. The SMILES string of the molecule is O=C1CCC(N2C(=O)c3cccc(NCCC[C@@H]4CNCCO4)c3C2=O)C(=O)N1. The number of benzene rings is 1. The van der Waals surface area contributed by atoms with E-state index in [9.17, 15) is 19.2 Å². The summed E-state index contributed by atoms with van der Waals surface area (Å²) in [5.41, 5.74) is 1.15. The Bertz CT molecular complexity index is 849. The molecule has 0 saturated carbocycles. The van der Waals surface area contributed by atoms with Crippen molar-refractivity contribution in [3.05, 3.63) is 29.3 Å². The molecule has 0 aliphatic carbocycles. The van der Waals surface area contributed by atoms with Gasteiger partial charge in [0.2, 0.25) is 11.8 Å². The number of carbonyl (C=O) groups excluding carboxylic acids is 4. The zero-order chi connectivity index (χ0) is 20.4. The zero-order valence-electron chi connectivity index (χ0n) is 16.0. The Morgan fingerprint density at radius 2 is 2.03 bits per heavy atom. The molecule has 0 aromatic heterocycles. The summed E-state index contributed by atoms with van der Waals surface area (Å²) in [6.07, 6.45) is 2.19. The first-order valence-corrected chi connectivity index (χ1v) is 9.97. The number of anilines is 1. The number of imide groups is 2. The molecule has 2 saturated heterocycles. The first-order chi connectivity index (χ1) is 14.1. The molecular weight excluding hydrogens is 376 g/mol. The standard InChI is InChI=1S/C20H24N4O5/c25-16-7-6-15(18(26)23-16)24-19(27)13-4-1-5-14(17(13)20(24)28)22-8-2-3-12-11-21-9-10-29-12/h1,4-5,12,15,21-22H,2-3,6-11H2,(H,23,25,26)/t12-,15?/m1/s1. The van der Waals surface area contributed by atoms with Crippen LogP contribution in [-0.4, -0.2) is 66.9 Å². The summed E-state index contributed by atoms with van der Waals surface area (Å²) in [4.78, 5) is 50.4. The largest absolute Gasteiger partial charge is 0.384 e. The molecule has 0 radical (unpaired) electrons. The molecule has 0 spiro atoms. The molecule has 2 atom stereocenters. The lowest BCUT2D eigenvalue weighted by molar-refractivity contribution is -0.136. The van der Waals surface area contributed by atoms with E-state index in [1.807, 2.05) is 0 Å². The van der Waals surface area contributed by atoms with Gasteiger partial charge >= 0.3 is 0 Å². The molecule has 4 rings (SSSR count). The van der Waals surface area contributed by atoms with Gasteiger partial charge < -0.3 is 15.4 Å². The van der Waals surface area contributed by atoms with Crippen LogP contribution < -0.4 is 16.0 Å². The van der Waals surface area contributed by atoms with E-state index >= 15 is 0 Å². The third-order valence-corrected chi connectivity index (χ3v) is 5.49. The van der Waals surface area contributed by atoms with Crippen molar-refractivity contribution in [3.8, 4) is 0 Å². The summed E-state index contributed by atoms with van der Waals surface area (Å²) < 4.78 is 5.68. The number of piperidine rings is 1. The molecule has 1 aromatic carbocycles. The molecule has 2 fully saturated rings. The van der Waals surface area contributed by atoms with Crippen LogP contribution in [-0.2, 0) is 14.3 Å². The molecule has 1 unspecified atom stereocenters. The van der Waals surface area contributed by atoms with E-state index in [2.05, 4.69) is 16.0 Å². The maximum absolute atomic E-state index is 13.0. The third kappa shape index (κ3) is 3.88. The van der Waals surface area contributed by atoms with Crippen molar-refractivity contribution in [1.29, 1.82) is 0 Å². The lowest BCUT2D eigenvalue weighted by Crippen LogP contribution is -2.54. The second-order valence-corrected chi connectivity index (χ2v) is 7.44. The topological polar surface area (TPSA) is 117 Å². The zero-order valence-corrected chi connectivity index (χ0v) is 16.0. The Hall–Kier alpha value is -2.78. The van der Waals surface area contributed by atoms with Crippen LogP contribution in [0.4, 0.5) is 5.69 Å². The molecule has 1 aromatic rings. The van der Waals surface area contributed by atoms with Crippen molar-refractivity contribution in [2.45, 2.75) is 37.8 Å². The minimum atomic E-state index is -0.955. The van der Waals surface area contributed by atoms with Gasteiger partial charge in [0, 0.05) is 31.7 Å².